The van der Waals surface area contributed by atoms with Gasteiger partial charge in [-0.2, -0.15) is 0 Å². The van der Waals surface area contributed by atoms with Crippen LogP contribution in [-0.4, -0.2) is 27.0 Å². The van der Waals surface area contributed by atoms with Crippen LogP contribution >= 0.6 is 0 Å². The number of hydrogen-bond donors (Lipinski definition) is 0. The summed E-state index contributed by atoms with van der Waals surface area (Å²) in [5.74, 6) is -0.885. The SMILES string of the molecule is CCN(c1cccc([N+](=O)[O-])c1C)S(=O)(=O)c1ccc(OC)c(F)c1. The van der Waals surface area contributed by atoms with Crippen molar-refractivity contribution in [1.82, 2.24) is 0 Å². The highest BCUT2D eigenvalue weighted by Gasteiger charge is 2.28. The van der Waals surface area contributed by atoms with E-state index < -0.39 is 20.8 Å². The minimum atomic E-state index is -4.10. The quantitative estimate of drug-likeness (QED) is 0.577. The summed E-state index contributed by atoms with van der Waals surface area (Å²) in [7, 11) is -2.83. The molecule has 0 aliphatic rings. The number of halogens is 1. The molecule has 9 heteroatoms. The smallest absolute Gasteiger partial charge is 0.274 e. The number of anilines is 1. The molecule has 0 aromatic heterocycles. The minimum Gasteiger partial charge on any atom is -0.494 e. The number of nitro groups is 1. The van der Waals surface area contributed by atoms with Gasteiger partial charge in [-0.15, -0.1) is 0 Å². The first-order chi connectivity index (χ1) is 11.7. The Labute approximate surface area is 144 Å². The Morgan fingerprint density at radius 1 is 1.28 bits per heavy atom. The number of sulfonamides is 1. The van der Waals surface area contributed by atoms with E-state index in [0.717, 1.165) is 10.4 Å². The zero-order valence-electron chi connectivity index (χ0n) is 13.9. The van der Waals surface area contributed by atoms with Gasteiger partial charge in [-0.3, -0.25) is 14.4 Å². The fourth-order valence-electron chi connectivity index (χ4n) is 2.48. The van der Waals surface area contributed by atoms with Crippen molar-refractivity contribution in [3.63, 3.8) is 0 Å². The fraction of sp³-hybridized carbons (Fsp3) is 0.250. The van der Waals surface area contributed by atoms with E-state index in [4.69, 9.17) is 4.74 Å². The molecule has 0 fully saturated rings. The van der Waals surface area contributed by atoms with Crippen LogP contribution in [-0.2, 0) is 10.0 Å². The van der Waals surface area contributed by atoms with E-state index in [0.29, 0.717) is 0 Å². The van der Waals surface area contributed by atoms with Crippen molar-refractivity contribution in [2.75, 3.05) is 18.0 Å². The van der Waals surface area contributed by atoms with Crippen LogP contribution in [0.2, 0.25) is 0 Å². The first-order valence-corrected chi connectivity index (χ1v) is 8.78. The van der Waals surface area contributed by atoms with Gasteiger partial charge in [0.15, 0.2) is 11.6 Å². The monoisotopic (exact) mass is 368 g/mol. The van der Waals surface area contributed by atoms with Crippen molar-refractivity contribution < 1.29 is 22.5 Å². The van der Waals surface area contributed by atoms with Crippen LogP contribution in [0.5, 0.6) is 5.75 Å². The summed E-state index contributed by atoms with van der Waals surface area (Å²) in [4.78, 5) is 10.3. The van der Waals surface area contributed by atoms with Gasteiger partial charge in [0.25, 0.3) is 15.7 Å². The van der Waals surface area contributed by atoms with Gasteiger partial charge >= 0.3 is 0 Å². The molecule has 2 rings (SSSR count). The average Bonchev–Trinajstić information content (AvgIpc) is 2.56. The van der Waals surface area contributed by atoms with Crippen molar-refractivity contribution in [3.05, 3.63) is 57.9 Å². The number of nitro benzene ring substituents is 1. The molecule has 0 bridgehead atoms. The van der Waals surface area contributed by atoms with Crippen molar-refractivity contribution in [2.24, 2.45) is 0 Å². The third-order valence-electron chi connectivity index (χ3n) is 3.74. The number of methoxy groups -OCH3 is 1. The molecule has 7 nitrogen and oxygen atoms in total. The summed E-state index contributed by atoms with van der Waals surface area (Å²) in [6.07, 6.45) is 0. The van der Waals surface area contributed by atoms with E-state index >= 15 is 0 Å². The maximum Gasteiger partial charge on any atom is 0.274 e. The van der Waals surface area contributed by atoms with Gasteiger partial charge in [0.1, 0.15) is 0 Å². The second-order valence-corrected chi connectivity index (χ2v) is 7.01. The van der Waals surface area contributed by atoms with Gasteiger partial charge in [-0.05, 0) is 38.1 Å². The van der Waals surface area contributed by atoms with Crippen LogP contribution in [0.15, 0.2) is 41.3 Å². The molecule has 0 aliphatic heterocycles. The van der Waals surface area contributed by atoms with Crippen LogP contribution < -0.4 is 9.04 Å². The summed E-state index contributed by atoms with van der Waals surface area (Å²) < 4.78 is 45.5. The highest BCUT2D eigenvalue weighted by molar-refractivity contribution is 7.92. The van der Waals surface area contributed by atoms with Crippen molar-refractivity contribution >= 4 is 21.4 Å². The first-order valence-electron chi connectivity index (χ1n) is 7.34. The van der Waals surface area contributed by atoms with Gasteiger partial charge in [0.2, 0.25) is 0 Å². The number of ether oxygens (including phenoxy) is 1. The molecule has 0 aliphatic carbocycles. The first kappa shape index (κ1) is 18.7. The number of rotatable bonds is 6. The van der Waals surface area contributed by atoms with E-state index in [1.165, 1.54) is 44.4 Å². The molecule has 0 radical (unpaired) electrons. The van der Waals surface area contributed by atoms with E-state index in [9.17, 15) is 22.9 Å². The maximum absolute atomic E-state index is 13.9. The molecule has 0 N–H and O–H groups in total. The Morgan fingerprint density at radius 3 is 2.48 bits per heavy atom. The predicted octanol–water partition coefficient (Wildman–Crippen LogP) is 3.27. The van der Waals surface area contributed by atoms with Crippen molar-refractivity contribution in [3.8, 4) is 5.75 Å². The Hall–Kier alpha value is -2.68. The lowest BCUT2D eigenvalue weighted by Crippen LogP contribution is -2.31. The molecule has 0 atom stereocenters. The maximum atomic E-state index is 13.9. The molecule has 2 aromatic carbocycles. The highest BCUT2D eigenvalue weighted by Crippen LogP contribution is 2.32. The zero-order valence-corrected chi connectivity index (χ0v) is 14.7. The Balaban J connectivity index is 2.59. The zero-order chi connectivity index (χ0) is 18.8. The normalized spacial score (nSPS) is 11.2. The summed E-state index contributed by atoms with van der Waals surface area (Å²) >= 11 is 0. The standard InChI is InChI=1S/C16H17FN2O5S/c1-4-18(14-6-5-7-15(11(14)2)19(20)21)25(22,23)12-8-9-16(24-3)13(17)10-12/h5-10H,4H2,1-3H3. The molecule has 0 saturated heterocycles. The molecule has 134 valence electrons. The molecular formula is C16H17FN2O5S. The third kappa shape index (κ3) is 3.41. The van der Waals surface area contributed by atoms with Gasteiger partial charge in [-0.25, -0.2) is 12.8 Å². The molecule has 25 heavy (non-hydrogen) atoms. The van der Waals surface area contributed by atoms with Crippen LogP contribution in [0.1, 0.15) is 12.5 Å². The van der Waals surface area contributed by atoms with Crippen molar-refractivity contribution in [1.29, 1.82) is 0 Å². The van der Waals surface area contributed by atoms with Gasteiger partial charge in [-0.1, -0.05) is 6.07 Å². The topological polar surface area (TPSA) is 89.8 Å². The highest BCUT2D eigenvalue weighted by atomic mass is 32.2. The van der Waals surface area contributed by atoms with Crippen LogP contribution in [0.25, 0.3) is 0 Å². The Kier molecular flexibility index (Phi) is 5.27. The lowest BCUT2D eigenvalue weighted by molar-refractivity contribution is -0.385. The summed E-state index contributed by atoms with van der Waals surface area (Å²) in [6.45, 7) is 3.09. The second-order valence-electron chi connectivity index (χ2n) is 5.14. The second kappa shape index (κ2) is 7.06. The third-order valence-corrected chi connectivity index (χ3v) is 5.63. The lowest BCUT2D eigenvalue weighted by Gasteiger charge is -2.24. The van der Waals surface area contributed by atoms with Crippen LogP contribution in [0, 0.1) is 22.9 Å². The predicted molar refractivity (Wildman–Crippen MR) is 91.0 cm³/mol. The van der Waals surface area contributed by atoms with Crippen LogP contribution in [0.3, 0.4) is 0 Å². The van der Waals surface area contributed by atoms with Crippen LogP contribution in [0.4, 0.5) is 15.8 Å². The fourth-order valence-corrected chi connectivity index (χ4v) is 4.03. The van der Waals surface area contributed by atoms with Gasteiger partial charge in [0, 0.05) is 12.6 Å². The van der Waals surface area contributed by atoms with Gasteiger partial charge < -0.3 is 4.74 Å². The molecule has 0 spiro atoms. The summed E-state index contributed by atoms with van der Waals surface area (Å²) in [6, 6.07) is 7.50. The average molecular weight is 368 g/mol. The van der Waals surface area contributed by atoms with E-state index in [1.807, 2.05) is 0 Å². The number of benzene rings is 2. The van der Waals surface area contributed by atoms with E-state index in [1.54, 1.807) is 6.92 Å². The molecule has 2 aromatic rings. The largest absolute Gasteiger partial charge is 0.494 e. The molecule has 0 heterocycles. The molecule has 0 saturated carbocycles. The summed E-state index contributed by atoms with van der Waals surface area (Å²) in [5, 5.41) is 11.1. The Morgan fingerprint density at radius 2 is 1.96 bits per heavy atom. The van der Waals surface area contributed by atoms with E-state index in [-0.39, 0.29) is 34.1 Å². The number of nitrogens with zero attached hydrogens (tertiary/aromatic N) is 2. The van der Waals surface area contributed by atoms with Crippen molar-refractivity contribution in [2.45, 2.75) is 18.7 Å². The lowest BCUT2D eigenvalue weighted by atomic mass is 10.1. The molecular weight excluding hydrogens is 351 g/mol. The summed E-state index contributed by atoms with van der Waals surface area (Å²) in [5.41, 5.74) is 0.201. The minimum absolute atomic E-state index is 0.0258. The Bertz CT molecular complexity index is 915. The molecule has 0 amide bonds. The van der Waals surface area contributed by atoms with Gasteiger partial charge in [0.05, 0.1) is 28.2 Å². The molecule has 0 unspecified atom stereocenters. The number of hydrogen-bond acceptors (Lipinski definition) is 5. The van der Waals surface area contributed by atoms with E-state index in [2.05, 4.69) is 0 Å².